The topological polar surface area (TPSA) is 63.6 Å². The molecule has 6 heteroatoms. The van der Waals surface area contributed by atoms with Gasteiger partial charge in [0, 0.05) is 24.8 Å². The van der Waals surface area contributed by atoms with E-state index < -0.39 is 0 Å². The Hall–Kier alpha value is -2.60. The van der Waals surface area contributed by atoms with Gasteiger partial charge < -0.3 is 14.6 Å². The second-order valence-corrected chi connectivity index (χ2v) is 8.05. The molecule has 156 valence electrons. The minimum Gasteiger partial charge on any atom is -0.491 e. The van der Waals surface area contributed by atoms with Crippen molar-refractivity contribution < 1.29 is 9.53 Å². The number of aromatic nitrogens is 1. The smallest absolute Gasteiger partial charge is 0.240 e. The van der Waals surface area contributed by atoms with E-state index >= 15 is 0 Å². The molecule has 0 bridgehead atoms. The third-order valence-corrected chi connectivity index (χ3v) is 5.59. The zero-order chi connectivity index (χ0) is 20.8. The van der Waals surface area contributed by atoms with Gasteiger partial charge in [0.25, 0.3) is 0 Å². The molecule has 0 atom stereocenters. The van der Waals surface area contributed by atoms with E-state index in [2.05, 4.69) is 17.1 Å². The number of nitrogens with zero attached hydrogens (tertiary/aromatic N) is 2. The summed E-state index contributed by atoms with van der Waals surface area (Å²) in [4.78, 5) is 27.2. The molecule has 0 saturated carbocycles. The number of ether oxygens (including phenoxy) is 1. The SMILES string of the molecule is COc1cn(CC(=O)NCc2ccc(C)cc2)c(CN2CCC(C)CC2)cc1=O. The zero-order valence-corrected chi connectivity index (χ0v) is 17.6. The summed E-state index contributed by atoms with van der Waals surface area (Å²) in [5.41, 5.74) is 2.95. The van der Waals surface area contributed by atoms with Crippen LogP contribution in [-0.4, -0.2) is 35.6 Å². The molecule has 1 aliphatic heterocycles. The highest BCUT2D eigenvalue weighted by Crippen LogP contribution is 2.18. The summed E-state index contributed by atoms with van der Waals surface area (Å²) in [5.74, 6) is 0.911. The molecule has 1 aliphatic rings. The second kappa shape index (κ2) is 9.74. The van der Waals surface area contributed by atoms with E-state index in [1.54, 1.807) is 12.3 Å². The lowest BCUT2D eigenvalue weighted by Crippen LogP contribution is -2.35. The average molecular weight is 398 g/mol. The lowest BCUT2D eigenvalue weighted by atomic mass is 9.99. The first-order valence-corrected chi connectivity index (χ1v) is 10.3. The fraction of sp³-hybridized carbons (Fsp3) is 0.478. The first kappa shape index (κ1) is 21.1. The van der Waals surface area contributed by atoms with Crippen LogP contribution >= 0.6 is 0 Å². The number of aryl methyl sites for hydroxylation is 1. The molecular weight excluding hydrogens is 366 g/mol. The Bertz CT molecular complexity index is 881. The van der Waals surface area contributed by atoms with Crippen molar-refractivity contribution in [2.24, 2.45) is 5.92 Å². The Morgan fingerprint density at radius 3 is 2.55 bits per heavy atom. The van der Waals surface area contributed by atoms with Crippen molar-refractivity contribution >= 4 is 5.91 Å². The van der Waals surface area contributed by atoms with Gasteiger partial charge >= 0.3 is 0 Å². The van der Waals surface area contributed by atoms with Crippen molar-refractivity contribution in [3.8, 4) is 5.75 Å². The molecule has 0 unspecified atom stereocenters. The Morgan fingerprint density at radius 1 is 1.21 bits per heavy atom. The molecule has 1 saturated heterocycles. The number of hydrogen-bond donors (Lipinski definition) is 1. The van der Waals surface area contributed by atoms with Crippen molar-refractivity contribution in [1.29, 1.82) is 0 Å². The molecule has 6 nitrogen and oxygen atoms in total. The van der Waals surface area contributed by atoms with Crippen LogP contribution in [0.15, 0.2) is 41.3 Å². The molecule has 1 N–H and O–H groups in total. The quantitative estimate of drug-likeness (QED) is 0.780. The van der Waals surface area contributed by atoms with Crippen LogP contribution in [-0.2, 0) is 24.4 Å². The van der Waals surface area contributed by atoms with Crippen LogP contribution in [0, 0.1) is 12.8 Å². The summed E-state index contributed by atoms with van der Waals surface area (Å²) in [6.07, 6.45) is 3.98. The maximum atomic E-state index is 12.6. The highest BCUT2D eigenvalue weighted by atomic mass is 16.5. The van der Waals surface area contributed by atoms with E-state index in [1.165, 1.54) is 12.7 Å². The Balaban J connectivity index is 1.69. The first-order valence-electron chi connectivity index (χ1n) is 10.3. The van der Waals surface area contributed by atoms with Crippen LogP contribution < -0.4 is 15.5 Å². The Morgan fingerprint density at radius 2 is 1.90 bits per heavy atom. The summed E-state index contributed by atoms with van der Waals surface area (Å²) in [6, 6.07) is 9.70. The fourth-order valence-electron chi connectivity index (χ4n) is 3.60. The fourth-order valence-corrected chi connectivity index (χ4v) is 3.60. The average Bonchev–Trinajstić information content (AvgIpc) is 2.71. The summed E-state index contributed by atoms with van der Waals surface area (Å²) in [5, 5.41) is 2.96. The zero-order valence-electron chi connectivity index (χ0n) is 17.6. The molecule has 2 aromatic rings. The number of benzene rings is 1. The van der Waals surface area contributed by atoms with Gasteiger partial charge in [0.05, 0.1) is 13.3 Å². The number of carbonyl (C=O) groups excluding carboxylic acids is 1. The molecule has 2 heterocycles. The van der Waals surface area contributed by atoms with E-state index in [0.29, 0.717) is 13.1 Å². The van der Waals surface area contributed by atoms with Gasteiger partial charge in [-0.1, -0.05) is 36.8 Å². The van der Waals surface area contributed by atoms with Gasteiger partial charge in [-0.2, -0.15) is 0 Å². The predicted octanol–water partition coefficient (Wildman–Crippen LogP) is 2.71. The lowest BCUT2D eigenvalue weighted by Gasteiger charge is -2.31. The van der Waals surface area contributed by atoms with E-state index in [-0.39, 0.29) is 23.6 Å². The highest BCUT2D eigenvalue weighted by molar-refractivity contribution is 5.75. The molecule has 0 spiro atoms. The second-order valence-electron chi connectivity index (χ2n) is 8.05. The maximum Gasteiger partial charge on any atom is 0.240 e. The standard InChI is InChI=1S/C23H31N3O3/c1-17-4-6-19(7-5-17)13-24-23(28)16-26-15-22(29-3)21(27)12-20(26)14-25-10-8-18(2)9-11-25/h4-7,12,15,18H,8-11,13-14,16H2,1-3H3,(H,24,28). The summed E-state index contributed by atoms with van der Waals surface area (Å²) in [7, 11) is 1.48. The van der Waals surface area contributed by atoms with Crippen LogP contribution in [0.4, 0.5) is 0 Å². The van der Waals surface area contributed by atoms with E-state index in [4.69, 9.17) is 4.74 Å². The summed E-state index contributed by atoms with van der Waals surface area (Å²) in [6.45, 7) is 7.65. The van der Waals surface area contributed by atoms with Crippen molar-refractivity contribution in [1.82, 2.24) is 14.8 Å². The van der Waals surface area contributed by atoms with Gasteiger partial charge in [-0.15, -0.1) is 0 Å². The van der Waals surface area contributed by atoms with Crippen molar-refractivity contribution in [2.45, 2.75) is 46.3 Å². The number of hydrogen-bond acceptors (Lipinski definition) is 4. The molecule has 1 aromatic heterocycles. The van der Waals surface area contributed by atoms with Crippen LogP contribution in [0.25, 0.3) is 0 Å². The third kappa shape index (κ3) is 5.94. The Labute approximate surface area is 172 Å². The van der Waals surface area contributed by atoms with Gasteiger partial charge in [0.1, 0.15) is 6.54 Å². The monoisotopic (exact) mass is 397 g/mol. The molecule has 1 fully saturated rings. The number of rotatable bonds is 7. The minimum absolute atomic E-state index is 0.0928. The third-order valence-electron chi connectivity index (χ3n) is 5.59. The number of carbonyl (C=O) groups is 1. The van der Waals surface area contributed by atoms with E-state index in [9.17, 15) is 9.59 Å². The predicted molar refractivity (Wildman–Crippen MR) is 114 cm³/mol. The molecule has 29 heavy (non-hydrogen) atoms. The minimum atomic E-state index is -0.149. The summed E-state index contributed by atoms with van der Waals surface area (Å²) < 4.78 is 7.02. The number of pyridine rings is 1. The van der Waals surface area contributed by atoms with E-state index in [1.807, 2.05) is 35.8 Å². The number of methoxy groups -OCH3 is 1. The molecule has 1 amide bonds. The van der Waals surface area contributed by atoms with Gasteiger partial charge in [-0.05, 0) is 44.3 Å². The van der Waals surface area contributed by atoms with Crippen molar-refractivity contribution in [3.63, 3.8) is 0 Å². The van der Waals surface area contributed by atoms with Crippen LogP contribution in [0.2, 0.25) is 0 Å². The van der Waals surface area contributed by atoms with Gasteiger partial charge in [-0.3, -0.25) is 14.5 Å². The van der Waals surface area contributed by atoms with Crippen molar-refractivity contribution in [2.75, 3.05) is 20.2 Å². The summed E-state index contributed by atoms with van der Waals surface area (Å²) >= 11 is 0. The molecule has 0 radical (unpaired) electrons. The highest BCUT2D eigenvalue weighted by Gasteiger charge is 2.18. The van der Waals surface area contributed by atoms with Crippen LogP contribution in [0.5, 0.6) is 5.75 Å². The van der Waals surface area contributed by atoms with Crippen LogP contribution in [0.1, 0.15) is 36.6 Å². The number of amides is 1. The number of piperidine rings is 1. The molecule has 3 rings (SSSR count). The molecule has 0 aliphatic carbocycles. The normalized spacial score (nSPS) is 15.3. The first-order chi connectivity index (χ1) is 13.9. The van der Waals surface area contributed by atoms with Crippen molar-refractivity contribution in [3.05, 3.63) is 63.6 Å². The molecular formula is C23H31N3O3. The van der Waals surface area contributed by atoms with Gasteiger partial charge in [0.2, 0.25) is 11.3 Å². The van der Waals surface area contributed by atoms with Crippen LogP contribution in [0.3, 0.4) is 0 Å². The van der Waals surface area contributed by atoms with Gasteiger partial charge in [-0.25, -0.2) is 0 Å². The maximum absolute atomic E-state index is 12.6. The number of nitrogens with one attached hydrogen (secondary N) is 1. The van der Waals surface area contributed by atoms with E-state index in [0.717, 1.165) is 43.1 Å². The lowest BCUT2D eigenvalue weighted by molar-refractivity contribution is -0.121. The largest absolute Gasteiger partial charge is 0.491 e. The van der Waals surface area contributed by atoms with Gasteiger partial charge in [0.15, 0.2) is 5.75 Å². The Kier molecular flexibility index (Phi) is 7.09. The molecule has 1 aromatic carbocycles. The number of likely N-dealkylation sites (tertiary alicyclic amines) is 1.